The molecule has 0 spiro atoms. The number of nitrogens with zero attached hydrogens (tertiary/aromatic N) is 2. The molecule has 0 rings (SSSR count). The van der Waals surface area contributed by atoms with Gasteiger partial charge in [-0.2, -0.15) is 0 Å². The largest absolute Gasteiger partial charge is 0.392 e. The lowest BCUT2D eigenvalue weighted by Gasteiger charge is -2.13. The normalized spacial score (nSPS) is 11.6. The molecule has 0 aromatic rings. The third-order valence-electron chi connectivity index (χ3n) is 1.69. The minimum atomic E-state index is 0.0852. The molecule has 0 aliphatic rings. The summed E-state index contributed by atoms with van der Waals surface area (Å²) in [7, 11) is 1.75. The highest BCUT2D eigenvalue weighted by molar-refractivity contribution is 5.56. The zero-order valence-corrected chi connectivity index (χ0v) is 8.61. The zero-order valence-electron chi connectivity index (χ0n) is 8.61. The molecule has 0 fully saturated rings. The fraction of sp³-hybridized carbons (Fsp3) is 0.700. The van der Waals surface area contributed by atoms with Gasteiger partial charge in [0.1, 0.15) is 0 Å². The second kappa shape index (κ2) is 9.26. The van der Waals surface area contributed by atoms with Crippen molar-refractivity contribution in [1.82, 2.24) is 4.90 Å². The Hall–Kier alpha value is -0.830. The molecule has 0 saturated carbocycles. The van der Waals surface area contributed by atoms with Gasteiger partial charge in [0.15, 0.2) is 0 Å². The molecular weight excluding hydrogens is 164 g/mol. The first-order valence-corrected chi connectivity index (χ1v) is 4.80. The highest BCUT2D eigenvalue weighted by Gasteiger charge is 1.93. The molecule has 0 radical (unpaired) electrons. The van der Waals surface area contributed by atoms with Gasteiger partial charge in [-0.05, 0) is 12.5 Å². The van der Waals surface area contributed by atoms with Crippen molar-refractivity contribution in [3.05, 3.63) is 12.3 Å². The van der Waals surface area contributed by atoms with E-state index >= 15 is 0 Å². The van der Waals surface area contributed by atoms with Gasteiger partial charge in [0.05, 0.1) is 12.9 Å². The Labute approximate surface area is 80.8 Å². The van der Waals surface area contributed by atoms with E-state index in [2.05, 4.69) is 11.9 Å². The van der Waals surface area contributed by atoms with Gasteiger partial charge in [-0.25, -0.2) is 0 Å². The Kier molecular flexibility index (Phi) is 8.67. The van der Waals surface area contributed by atoms with E-state index in [1.165, 1.54) is 12.8 Å². The Balaban J connectivity index is 3.73. The molecule has 0 atom stereocenters. The maximum atomic E-state index is 8.60. The van der Waals surface area contributed by atoms with Crippen molar-refractivity contribution in [2.45, 2.75) is 26.2 Å². The van der Waals surface area contributed by atoms with E-state index in [0.717, 1.165) is 13.0 Å². The van der Waals surface area contributed by atoms with E-state index in [1.807, 2.05) is 11.1 Å². The molecule has 0 heterocycles. The van der Waals surface area contributed by atoms with Gasteiger partial charge in [-0.3, -0.25) is 4.99 Å². The third kappa shape index (κ3) is 7.53. The summed E-state index contributed by atoms with van der Waals surface area (Å²) in [5.74, 6) is 0. The maximum absolute atomic E-state index is 8.60. The van der Waals surface area contributed by atoms with Crippen molar-refractivity contribution in [3.63, 3.8) is 0 Å². The molecule has 0 bridgehead atoms. The molecule has 3 nitrogen and oxygen atoms in total. The van der Waals surface area contributed by atoms with Crippen LogP contribution in [0.3, 0.4) is 0 Å². The predicted octanol–water partition coefficient (Wildman–Crippen LogP) is 1.64. The van der Waals surface area contributed by atoms with Gasteiger partial charge in [-0.1, -0.05) is 19.8 Å². The highest BCUT2D eigenvalue weighted by Crippen LogP contribution is 1.97. The minimum absolute atomic E-state index is 0.0852. The summed E-state index contributed by atoms with van der Waals surface area (Å²) in [5, 5.41) is 8.60. The summed E-state index contributed by atoms with van der Waals surface area (Å²) in [4.78, 5) is 5.93. The number of unbranched alkanes of at least 4 members (excludes halogenated alkanes) is 2. The van der Waals surface area contributed by atoms with Crippen molar-refractivity contribution in [2.24, 2.45) is 4.99 Å². The summed E-state index contributed by atoms with van der Waals surface area (Å²) in [6.45, 7) is 3.24. The van der Waals surface area contributed by atoms with Crippen LogP contribution in [0.5, 0.6) is 0 Å². The number of rotatable bonds is 7. The molecule has 1 N–H and O–H groups in total. The molecule has 0 aliphatic carbocycles. The van der Waals surface area contributed by atoms with Crippen LogP contribution in [0, 0.1) is 0 Å². The van der Waals surface area contributed by atoms with Crippen LogP contribution in [-0.4, -0.2) is 36.5 Å². The monoisotopic (exact) mass is 184 g/mol. The van der Waals surface area contributed by atoms with Crippen LogP contribution in [0.25, 0.3) is 0 Å². The van der Waals surface area contributed by atoms with Crippen LogP contribution in [-0.2, 0) is 0 Å². The van der Waals surface area contributed by atoms with Gasteiger partial charge in [0.2, 0.25) is 0 Å². The van der Waals surface area contributed by atoms with E-state index in [0.29, 0.717) is 0 Å². The van der Waals surface area contributed by atoms with Crippen LogP contribution in [0.15, 0.2) is 17.3 Å². The van der Waals surface area contributed by atoms with E-state index < -0.39 is 0 Å². The molecule has 0 saturated heterocycles. The Morgan fingerprint density at radius 2 is 2.15 bits per heavy atom. The SMILES string of the molecule is CCCCCN(C=NC)/C=C\CO. The maximum Gasteiger partial charge on any atom is 0.0886 e. The molecule has 3 heteroatoms. The number of aliphatic hydroxyl groups excluding tert-OH is 1. The summed E-state index contributed by atoms with van der Waals surface area (Å²) >= 11 is 0. The van der Waals surface area contributed by atoms with Crippen LogP contribution >= 0.6 is 0 Å². The molecule has 0 aromatic heterocycles. The second-order valence-electron chi connectivity index (χ2n) is 2.89. The smallest absolute Gasteiger partial charge is 0.0886 e. The lowest BCUT2D eigenvalue weighted by atomic mass is 10.2. The van der Waals surface area contributed by atoms with Crippen molar-refractivity contribution in [1.29, 1.82) is 0 Å². The fourth-order valence-corrected chi connectivity index (χ4v) is 1.05. The second-order valence-corrected chi connectivity index (χ2v) is 2.89. The quantitative estimate of drug-likeness (QED) is 0.371. The van der Waals surface area contributed by atoms with Crippen LogP contribution in [0.1, 0.15) is 26.2 Å². The first-order chi connectivity index (χ1) is 6.35. The Morgan fingerprint density at radius 3 is 2.69 bits per heavy atom. The van der Waals surface area contributed by atoms with Crippen molar-refractivity contribution >= 4 is 6.34 Å². The van der Waals surface area contributed by atoms with Gasteiger partial charge >= 0.3 is 0 Å². The lowest BCUT2D eigenvalue weighted by molar-refractivity contribution is 0.340. The van der Waals surface area contributed by atoms with Gasteiger partial charge in [0.25, 0.3) is 0 Å². The molecular formula is C10H20N2O. The van der Waals surface area contributed by atoms with E-state index in [4.69, 9.17) is 5.11 Å². The first-order valence-electron chi connectivity index (χ1n) is 4.80. The average Bonchev–Trinajstić information content (AvgIpc) is 2.14. The summed E-state index contributed by atoms with van der Waals surface area (Å²) in [5.41, 5.74) is 0. The number of hydrogen-bond acceptors (Lipinski definition) is 2. The molecule has 13 heavy (non-hydrogen) atoms. The average molecular weight is 184 g/mol. The zero-order chi connectivity index (χ0) is 9.94. The number of aliphatic hydroxyl groups is 1. The van der Waals surface area contributed by atoms with Gasteiger partial charge in [-0.15, -0.1) is 0 Å². The molecule has 0 aromatic carbocycles. The lowest BCUT2D eigenvalue weighted by Crippen LogP contribution is -2.16. The molecule has 0 unspecified atom stereocenters. The Bertz CT molecular complexity index is 155. The summed E-state index contributed by atoms with van der Waals surface area (Å²) < 4.78 is 0. The van der Waals surface area contributed by atoms with Crippen LogP contribution in [0.2, 0.25) is 0 Å². The molecule has 76 valence electrons. The Morgan fingerprint density at radius 1 is 1.38 bits per heavy atom. The first kappa shape index (κ1) is 12.2. The minimum Gasteiger partial charge on any atom is -0.392 e. The summed E-state index contributed by atoms with van der Waals surface area (Å²) in [6.07, 6.45) is 8.98. The van der Waals surface area contributed by atoms with Crippen LogP contribution < -0.4 is 0 Å². The number of aliphatic imine (C=N–C) groups is 1. The van der Waals surface area contributed by atoms with Crippen molar-refractivity contribution in [3.8, 4) is 0 Å². The fourth-order valence-electron chi connectivity index (χ4n) is 1.05. The highest BCUT2D eigenvalue weighted by atomic mass is 16.2. The molecule has 0 amide bonds. The standard InChI is InChI=1S/C10H20N2O/c1-3-4-5-7-12(10-11-2)8-6-9-13/h6,8,10,13H,3-5,7,9H2,1-2H3/b8-6-,11-10?. The topological polar surface area (TPSA) is 35.8 Å². The number of hydrogen-bond donors (Lipinski definition) is 1. The van der Waals surface area contributed by atoms with Crippen LogP contribution in [0.4, 0.5) is 0 Å². The van der Waals surface area contributed by atoms with E-state index in [9.17, 15) is 0 Å². The van der Waals surface area contributed by atoms with Gasteiger partial charge < -0.3 is 10.0 Å². The van der Waals surface area contributed by atoms with Crippen molar-refractivity contribution < 1.29 is 5.11 Å². The van der Waals surface area contributed by atoms with E-state index in [1.54, 1.807) is 19.5 Å². The van der Waals surface area contributed by atoms with Crippen molar-refractivity contribution in [2.75, 3.05) is 20.2 Å². The summed E-state index contributed by atoms with van der Waals surface area (Å²) in [6, 6.07) is 0. The third-order valence-corrected chi connectivity index (χ3v) is 1.69. The van der Waals surface area contributed by atoms with E-state index in [-0.39, 0.29) is 6.61 Å². The predicted molar refractivity (Wildman–Crippen MR) is 56.9 cm³/mol. The molecule has 0 aliphatic heterocycles. The van der Waals surface area contributed by atoms with Gasteiger partial charge in [0, 0.05) is 19.8 Å².